The highest BCUT2D eigenvalue weighted by Gasteiger charge is 2.38. The summed E-state index contributed by atoms with van der Waals surface area (Å²) in [6, 6.07) is 4.81. The molecule has 21 heavy (non-hydrogen) atoms. The van der Waals surface area contributed by atoms with Crippen LogP contribution in [0.2, 0.25) is 0 Å². The quantitative estimate of drug-likeness (QED) is 0.635. The summed E-state index contributed by atoms with van der Waals surface area (Å²) in [7, 11) is 0. The molecule has 1 saturated heterocycles. The zero-order chi connectivity index (χ0) is 14.7. The van der Waals surface area contributed by atoms with E-state index < -0.39 is 5.54 Å². The van der Waals surface area contributed by atoms with Gasteiger partial charge in [-0.3, -0.25) is 0 Å². The molecule has 2 fully saturated rings. The molecular formula is C16H19FN2O2. The predicted molar refractivity (Wildman–Crippen MR) is 77.7 cm³/mol. The van der Waals surface area contributed by atoms with Crippen molar-refractivity contribution in [2.75, 3.05) is 31.2 Å². The first-order valence-electron chi connectivity index (χ1n) is 7.47. The Balaban J connectivity index is 2.06. The minimum atomic E-state index is -0.600. The molecule has 1 aliphatic carbocycles. The third-order valence-corrected chi connectivity index (χ3v) is 4.50. The van der Waals surface area contributed by atoms with Gasteiger partial charge >= 0.3 is 0 Å². The first kappa shape index (κ1) is 14.2. The number of carbonyl (C=O) groups excluding carboxylic acids is 1. The van der Waals surface area contributed by atoms with Crippen LogP contribution in [0.25, 0.3) is 0 Å². The van der Waals surface area contributed by atoms with Crippen molar-refractivity contribution in [3.05, 3.63) is 29.6 Å². The SMILES string of the molecule is O=C=NC1(c2cc(F)ccc2N2CCOCC2)CCCC1. The maximum Gasteiger partial charge on any atom is 0.235 e. The van der Waals surface area contributed by atoms with E-state index in [9.17, 15) is 9.18 Å². The number of nitrogens with zero attached hydrogens (tertiary/aromatic N) is 2. The van der Waals surface area contributed by atoms with Gasteiger partial charge in [0.1, 0.15) is 11.4 Å². The fourth-order valence-electron chi connectivity index (χ4n) is 3.45. The van der Waals surface area contributed by atoms with E-state index in [-0.39, 0.29) is 5.82 Å². The topological polar surface area (TPSA) is 41.9 Å². The van der Waals surface area contributed by atoms with Crippen molar-refractivity contribution in [2.24, 2.45) is 4.99 Å². The molecule has 0 bridgehead atoms. The van der Waals surface area contributed by atoms with Crippen molar-refractivity contribution in [3.63, 3.8) is 0 Å². The van der Waals surface area contributed by atoms with Crippen molar-refractivity contribution >= 4 is 11.8 Å². The average molecular weight is 290 g/mol. The van der Waals surface area contributed by atoms with E-state index in [1.165, 1.54) is 12.1 Å². The third-order valence-electron chi connectivity index (χ3n) is 4.50. The summed E-state index contributed by atoms with van der Waals surface area (Å²) in [5.74, 6) is -0.283. The van der Waals surface area contributed by atoms with Gasteiger partial charge in [-0.1, -0.05) is 12.8 Å². The Morgan fingerprint density at radius 1 is 1.24 bits per heavy atom. The van der Waals surface area contributed by atoms with Gasteiger partial charge in [0.05, 0.1) is 13.2 Å². The maximum absolute atomic E-state index is 13.8. The molecule has 112 valence electrons. The molecule has 0 N–H and O–H groups in total. The molecule has 1 aliphatic heterocycles. The summed E-state index contributed by atoms with van der Waals surface area (Å²) in [6.45, 7) is 2.89. The summed E-state index contributed by atoms with van der Waals surface area (Å²) in [5, 5.41) is 0. The number of halogens is 1. The zero-order valence-electron chi connectivity index (χ0n) is 12.0. The molecule has 3 rings (SSSR count). The molecule has 5 heteroatoms. The molecular weight excluding hydrogens is 271 g/mol. The van der Waals surface area contributed by atoms with Crippen molar-refractivity contribution in [3.8, 4) is 0 Å². The number of hydrogen-bond donors (Lipinski definition) is 0. The predicted octanol–water partition coefficient (Wildman–Crippen LogP) is 2.77. The van der Waals surface area contributed by atoms with Gasteiger partial charge in [-0.15, -0.1) is 0 Å². The van der Waals surface area contributed by atoms with Gasteiger partial charge in [0, 0.05) is 24.3 Å². The molecule has 0 atom stereocenters. The lowest BCUT2D eigenvalue weighted by Gasteiger charge is -2.34. The molecule has 0 radical (unpaired) electrons. The molecule has 2 aliphatic rings. The first-order chi connectivity index (χ1) is 10.2. The number of isocyanates is 1. The fraction of sp³-hybridized carbons (Fsp3) is 0.562. The normalized spacial score (nSPS) is 21.1. The number of benzene rings is 1. The Kier molecular flexibility index (Phi) is 4.04. The van der Waals surface area contributed by atoms with Crippen molar-refractivity contribution in [1.29, 1.82) is 0 Å². The fourth-order valence-corrected chi connectivity index (χ4v) is 3.45. The minimum Gasteiger partial charge on any atom is -0.378 e. The molecule has 1 aromatic rings. The molecule has 1 aromatic carbocycles. The second-order valence-electron chi connectivity index (χ2n) is 5.70. The number of hydrogen-bond acceptors (Lipinski definition) is 4. The van der Waals surface area contributed by atoms with Crippen LogP contribution < -0.4 is 4.90 Å². The van der Waals surface area contributed by atoms with Gasteiger partial charge in [-0.05, 0) is 31.0 Å². The number of morpholine rings is 1. The summed E-state index contributed by atoms with van der Waals surface area (Å²) in [4.78, 5) is 17.2. The van der Waals surface area contributed by atoms with Crippen molar-refractivity contribution in [1.82, 2.24) is 0 Å². The van der Waals surface area contributed by atoms with Gasteiger partial charge in [0.25, 0.3) is 0 Å². The van der Waals surface area contributed by atoms with Crippen LogP contribution in [0.5, 0.6) is 0 Å². The van der Waals surface area contributed by atoms with E-state index in [0.717, 1.165) is 50.0 Å². The standard InChI is InChI=1S/C16H19FN2O2/c17-13-3-4-15(19-7-9-21-10-8-19)14(11-13)16(18-12-20)5-1-2-6-16/h3-4,11H,1-2,5-10H2. The summed E-state index contributed by atoms with van der Waals surface area (Å²) >= 11 is 0. The number of anilines is 1. The molecule has 0 aromatic heterocycles. The highest BCUT2D eigenvalue weighted by Crippen LogP contribution is 2.46. The Morgan fingerprint density at radius 3 is 2.62 bits per heavy atom. The highest BCUT2D eigenvalue weighted by atomic mass is 19.1. The van der Waals surface area contributed by atoms with Gasteiger partial charge in [0.2, 0.25) is 6.08 Å². The van der Waals surface area contributed by atoms with Crippen LogP contribution in [0.3, 0.4) is 0 Å². The second kappa shape index (κ2) is 5.96. The Morgan fingerprint density at radius 2 is 1.95 bits per heavy atom. The largest absolute Gasteiger partial charge is 0.378 e. The van der Waals surface area contributed by atoms with E-state index in [4.69, 9.17) is 4.74 Å². The monoisotopic (exact) mass is 290 g/mol. The van der Waals surface area contributed by atoms with Crippen LogP contribution in [0, 0.1) is 5.82 Å². The van der Waals surface area contributed by atoms with E-state index in [0.29, 0.717) is 13.2 Å². The maximum atomic E-state index is 13.8. The van der Waals surface area contributed by atoms with Gasteiger partial charge in [-0.25, -0.2) is 9.18 Å². The van der Waals surface area contributed by atoms with Crippen LogP contribution in [0.4, 0.5) is 10.1 Å². The lowest BCUT2D eigenvalue weighted by Crippen LogP contribution is -2.38. The van der Waals surface area contributed by atoms with Crippen LogP contribution in [0.1, 0.15) is 31.2 Å². The summed E-state index contributed by atoms with van der Waals surface area (Å²) < 4.78 is 19.2. The van der Waals surface area contributed by atoms with E-state index >= 15 is 0 Å². The molecule has 1 heterocycles. The number of ether oxygens (including phenoxy) is 1. The van der Waals surface area contributed by atoms with Crippen LogP contribution in [0.15, 0.2) is 23.2 Å². The van der Waals surface area contributed by atoms with E-state index in [1.807, 2.05) is 0 Å². The zero-order valence-corrected chi connectivity index (χ0v) is 12.0. The lowest BCUT2D eigenvalue weighted by atomic mass is 9.87. The Hall–Kier alpha value is -1.71. The Labute approximate surface area is 123 Å². The molecule has 1 saturated carbocycles. The number of aliphatic imine (C=N–C) groups is 1. The molecule has 0 spiro atoms. The summed E-state index contributed by atoms with van der Waals surface area (Å²) in [6.07, 6.45) is 5.28. The second-order valence-corrected chi connectivity index (χ2v) is 5.70. The first-order valence-corrected chi connectivity index (χ1v) is 7.47. The third kappa shape index (κ3) is 2.71. The van der Waals surface area contributed by atoms with Crippen LogP contribution in [-0.2, 0) is 15.1 Å². The van der Waals surface area contributed by atoms with Gasteiger partial charge in [0.15, 0.2) is 0 Å². The highest BCUT2D eigenvalue weighted by molar-refractivity contribution is 5.58. The lowest BCUT2D eigenvalue weighted by molar-refractivity contribution is 0.122. The van der Waals surface area contributed by atoms with Crippen LogP contribution >= 0.6 is 0 Å². The molecule has 0 amide bonds. The average Bonchev–Trinajstić information content (AvgIpc) is 2.98. The number of rotatable bonds is 3. The van der Waals surface area contributed by atoms with Gasteiger partial charge < -0.3 is 9.64 Å². The van der Waals surface area contributed by atoms with Crippen molar-refractivity contribution < 1.29 is 13.9 Å². The van der Waals surface area contributed by atoms with Gasteiger partial charge in [-0.2, -0.15) is 4.99 Å². The Bertz CT molecular complexity index is 557. The molecule has 0 unspecified atom stereocenters. The smallest absolute Gasteiger partial charge is 0.235 e. The van der Waals surface area contributed by atoms with Crippen molar-refractivity contribution in [2.45, 2.75) is 31.2 Å². The summed E-state index contributed by atoms with van der Waals surface area (Å²) in [5.41, 5.74) is 1.20. The van der Waals surface area contributed by atoms with Crippen LogP contribution in [-0.4, -0.2) is 32.4 Å². The molecule has 4 nitrogen and oxygen atoms in total. The minimum absolute atomic E-state index is 0.283. The van der Waals surface area contributed by atoms with E-state index in [1.54, 1.807) is 12.1 Å². The van der Waals surface area contributed by atoms with E-state index in [2.05, 4.69) is 9.89 Å².